The average molecular weight is 396 g/mol. The molecule has 2 aromatic rings. The minimum absolute atomic E-state index is 0.226. The van der Waals surface area contributed by atoms with Crippen LogP contribution in [0.2, 0.25) is 0 Å². The number of amides is 2. The first-order chi connectivity index (χ1) is 13.4. The highest BCUT2D eigenvalue weighted by Crippen LogP contribution is 2.35. The van der Waals surface area contributed by atoms with Crippen LogP contribution in [0.1, 0.15) is 29.2 Å². The third-order valence-corrected chi connectivity index (χ3v) is 5.49. The molecule has 2 amide bonds. The average Bonchev–Trinajstić information content (AvgIpc) is 2.86. The van der Waals surface area contributed by atoms with Gasteiger partial charge in [0, 0.05) is 0 Å². The predicted octanol–water partition coefficient (Wildman–Crippen LogP) is 4.52. The molecule has 0 spiro atoms. The third-order valence-electron chi connectivity index (χ3n) is 4.53. The minimum Gasteiger partial charge on any atom is -0.492 e. The molecule has 0 aliphatic carbocycles. The molecule has 1 aliphatic heterocycles. The van der Waals surface area contributed by atoms with Crippen molar-refractivity contribution in [2.45, 2.75) is 27.7 Å². The number of aryl methyl sites for hydroxylation is 3. The standard InChI is InChI=1S/C23H25NO3S/c1-5-28-21-20(18-8-6-15(2)7-9-18)22(25)24(23(21)26)10-11-27-19-13-16(3)12-17(4)14-19/h6-9,12-14H,5,10-11H2,1-4H3. The van der Waals surface area contributed by atoms with E-state index in [4.69, 9.17) is 4.74 Å². The van der Waals surface area contributed by atoms with Gasteiger partial charge in [0.2, 0.25) is 0 Å². The Hall–Kier alpha value is -2.53. The number of ether oxygens (including phenoxy) is 1. The van der Waals surface area contributed by atoms with Crippen molar-refractivity contribution in [3.63, 3.8) is 0 Å². The molecule has 0 aromatic heterocycles. The van der Waals surface area contributed by atoms with Gasteiger partial charge in [0.05, 0.1) is 17.0 Å². The minimum atomic E-state index is -0.242. The molecule has 0 bridgehead atoms. The Morgan fingerprint density at radius 2 is 1.54 bits per heavy atom. The van der Waals surface area contributed by atoms with Crippen LogP contribution in [0.4, 0.5) is 0 Å². The molecule has 4 nitrogen and oxygen atoms in total. The second-order valence-electron chi connectivity index (χ2n) is 6.94. The van der Waals surface area contributed by atoms with Gasteiger partial charge in [-0.25, -0.2) is 0 Å². The van der Waals surface area contributed by atoms with Crippen LogP contribution in [0.25, 0.3) is 5.57 Å². The van der Waals surface area contributed by atoms with Gasteiger partial charge in [-0.2, -0.15) is 0 Å². The molecule has 2 aromatic carbocycles. The molecular weight excluding hydrogens is 370 g/mol. The normalized spacial score (nSPS) is 14.2. The lowest BCUT2D eigenvalue weighted by Crippen LogP contribution is -2.35. The van der Waals surface area contributed by atoms with Crippen LogP contribution >= 0.6 is 11.8 Å². The monoisotopic (exact) mass is 395 g/mol. The number of thioether (sulfide) groups is 1. The molecule has 0 saturated heterocycles. The molecule has 1 heterocycles. The lowest BCUT2D eigenvalue weighted by molar-refractivity contribution is -0.136. The van der Waals surface area contributed by atoms with Crippen LogP contribution in [0.3, 0.4) is 0 Å². The first kappa shape index (κ1) is 20.2. The highest BCUT2D eigenvalue weighted by molar-refractivity contribution is 8.04. The summed E-state index contributed by atoms with van der Waals surface area (Å²) in [7, 11) is 0. The largest absolute Gasteiger partial charge is 0.492 e. The molecule has 28 heavy (non-hydrogen) atoms. The number of carbonyl (C=O) groups is 2. The van der Waals surface area contributed by atoms with Crippen molar-refractivity contribution in [1.29, 1.82) is 0 Å². The fraction of sp³-hybridized carbons (Fsp3) is 0.304. The summed E-state index contributed by atoms with van der Waals surface area (Å²) in [4.78, 5) is 27.7. The molecule has 5 heteroatoms. The van der Waals surface area contributed by atoms with Crippen molar-refractivity contribution >= 4 is 29.1 Å². The summed E-state index contributed by atoms with van der Waals surface area (Å²) in [6.07, 6.45) is 0. The summed E-state index contributed by atoms with van der Waals surface area (Å²) in [5.74, 6) is 1.02. The maximum Gasteiger partial charge on any atom is 0.268 e. The van der Waals surface area contributed by atoms with Crippen molar-refractivity contribution in [1.82, 2.24) is 4.90 Å². The first-order valence-electron chi connectivity index (χ1n) is 9.42. The van der Waals surface area contributed by atoms with Gasteiger partial charge in [-0.1, -0.05) is 42.8 Å². The van der Waals surface area contributed by atoms with Crippen molar-refractivity contribution in [3.8, 4) is 5.75 Å². The van der Waals surface area contributed by atoms with Crippen LogP contribution in [-0.2, 0) is 9.59 Å². The lowest BCUT2D eigenvalue weighted by Gasteiger charge is -2.16. The van der Waals surface area contributed by atoms with Crippen molar-refractivity contribution in [2.24, 2.45) is 0 Å². The second kappa shape index (κ2) is 8.65. The Kier molecular flexibility index (Phi) is 6.25. The van der Waals surface area contributed by atoms with Crippen molar-refractivity contribution < 1.29 is 14.3 Å². The number of nitrogens with zero attached hydrogens (tertiary/aromatic N) is 1. The smallest absolute Gasteiger partial charge is 0.268 e. The number of carbonyl (C=O) groups excluding carboxylic acids is 2. The Morgan fingerprint density at radius 1 is 0.893 bits per heavy atom. The third kappa shape index (κ3) is 4.30. The Bertz CT molecular complexity index is 911. The van der Waals surface area contributed by atoms with Gasteiger partial charge in [0.15, 0.2) is 0 Å². The molecule has 0 N–H and O–H groups in total. The van der Waals surface area contributed by atoms with Crippen molar-refractivity contribution in [2.75, 3.05) is 18.9 Å². The zero-order valence-corrected chi connectivity index (χ0v) is 17.6. The van der Waals surface area contributed by atoms with Gasteiger partial charge in [-0.05, 0) is 55.3 Å². The summed E-state index contributed by atoms with van der Waals surface area (Å²) in [6, 6.07) is 13.7. The van der Waals surface area contributed by atoms with E-state index in [-0.39, 0.29) is 25.0 Å². The van der Waals surface area contributed by atoms with Crippen LogP contribution < -0.4 is 4.74 Å². The van der Waals surface area contributed by atoms with Gasteiger partial charge < -0.3 is 4.74 Å². The fourth-order valence-corrected chi connectivity index (χ4v) is 4.15. The summed E-state index contributed by atoms with van der Waals surface area (Å²) < 4.78 is 5.81. The van der Waals surface area contributed by atoms with Crippen LogP contribution in [0, 0.1) is 20.8 Å². The van der Waals surface area contributed by atoms with Gasteiger partial charge >= 0.3 is 0 Å². The number of rotatable bonds is 7. The van der Waals surface area contributed by atoms with E-state index in [0.29, 0.717) is 10.5 Å². The van der Waals surface area contributed by atoms with E-state index in [0.717, 1.165) is 33.8 Å². The number of benzene rings is 2. The topological polar surface area (TPSA) is 46.6 Å². The summed E-state index contributed by atoms with van der Waals surface area (Å²) in [6.45, 7) is 8.50. The van der Waals surface area contributed by atoms with E-state index in [1.165, 1.54) is 16.7 Å². The zero-order chi connectivity index (χ0) is 20.3. The van der Waals surface area contributed by atoms with Crippen LogP contribution in [0.15, 0.2) is 47.4 Å². The van der Waals surface area contributed by atoms with E-state index in [9.17, 15) is 9.59 Å². The summed E-state index contributed by atoms with van der Waals surface area (Å²) in [5.41, 5.74) is 4.65. The predicted molar refractivity (Wildman–Crippen MR) is 114 cm³/mol. The Morgan fingerprint density at radius 3 is 2.14 bits per heavy atom. The molecule has 0 radical (unpaired) electrons. The first-order valence-corrected chi connectivity index (χ1v) is 10.4. The summed E-state index contributed by atoms with van der Waals surface area (Å²) >= 11 is 1.42. The maximum absolute atomic E-state index is 13.0. The molecule has 3 rings (SSSR count). The maximum atomic E-state index is 13.0. The molecule has 0 saturated carbocycles. The van der Waals surface area contributed by atoms with E-state index in [1.54, 1.807) is 0 Å². The molecule has 1 aliphatic rings. The number of hydrogen-bond acceptors (Lipinski definition) is 4. The fourth-order valence-electron chi connectivity index (χ4n) is 3.28. The van der Waals surface area contributed by atoms with Crippen LogP contribution in [-0.4, -0.2) is 35.6 Å². The molecule has 0 unspecified atom stereocenters. The van der Waals surface area contributed by atoms with Gasteiger partial charge in [-0.3, -0.25) is 14.5 Å². The molecule has 0 atom stereocenters. The second-order valence-corrected chi connectivity index (χ2v) is 8.21. The number of hydrogen-bond donors (Lipinski definition) is 0. The Balaban J connectivity index is 1.75. The van der Waals surface area contributed by atoms with E-state index in [2.05, 4.69) is 6.07 Å². The van der Waals surface area contributed by atoms with Crippen LogP contribution in [0.5, 0.6) is 5.75 Å². The van der Waals surface area contributed by atoms with E-state index in [1.807, 2.05) is 64.1 Å². The molecule has 146 valence electrons. The Labute approximate surface area is 170 Å². The highest BCUT2D eigenvalue weighted by Gasteiger charge is 2.38. The van der Waals surface area contributed by atoms with E-state index < -0.39 is 0 Å². The quantitative estimate of drug-likeness (QED) is 0.647. The molecule has 0 fully saturated rings. The van der Waals surface area contributed by atoms with Gasteiger partial charge in [-0.15, -0.1) is 11.8 Å². The highest BCUT2D eigenvalue weighted by atomic mass is 32.2. The van der Waals surface area contributed by atoms with Crippen molar-refractivity contribution in [3.05, 3.63) is 69.6 Å². The van der Waals surface area contributed by atoms with Gasteiger partial charge in [0.25, 0.3) is 11.8 Å². The SMILES string of the molecule is CCSC1=C(c2ccc(C)cc2)C(=O)N(CCOc2cc(C)cc(C)c2)C1=O. The van der Waals surface area contributed by atoms with Gasteiger partial charge in [0.1, 0.15) is 12.4 Å². The summed E-state index contributed by atoms with van der Waals surface area (Å²) in [5, 5.41) is 0. The molecular formula is C23H25NO3S. The number of imide groups is 1. The van der Waals surface area contributed by atoms with E-state index >= 15 is 0 Å². The zero-order valence-electron chi connectivity index (χ0n) is 16.7. The lowest BCUT2D eigenvalue weighted by atomic mass is 10.0.